The van der Waals surface area contributed by atoms with Crippen molar-refractivity contribution in [3.63, 3.8) is 0 Å². The Morgan fingerprint density at radius 1 is 0.873 bits per heavy atom. The Bertz CT molecular complexity index is 2250. The lowest BCUT2D eigenvalue weighted by Crippen LogP contribution is -2.60. The van der Waals surface area contributed by atoms with Gasteiger partial charge in [-0.25, -0.2) is 19.6 Å². The summed E-state index contributed by atoms with van der Waals surface area (Å²) in [6.45, 7) is 10.1. The molecule has 1 saturated carbocycles. The summed E-state index contributed by atoms with van der Waals surface area (Å²) in [5.41, 5.74) is 5.11. The summed E-state index contributed by atoms with van der Waals surface area (Å²) in [5, 5.41) is 4.94. The number of carbonyl (C=O) groups excluding carboxylic acids is 3. The number of nitrogens with zero attached hydrogens (tertiary/aromatic N) is 4. The molecule has 12 heteroatoms. The largest absolute Gasteiger partial charge is 0.453 e. The number of rotatable bonds is 8. The summed E-state index contributed by atoms with van der Waals surface area (Å²) >= 11 is 0. The van der Waals surface area contributed by atoms with Gasteiger partial charge in [-0.1, -0.05) is 62.4 Å². The first-order valence-electron chi connectivity index (χ1n) is 19.3. The molecule has 3 saturated heterocycles. The summed E-state index contributed by atoms with van der Waals surface area (Å²) in [5.74, 6) is 1.34. The van der Waals surface area contributed by atoms with Crippen molar-refractivity contribution in [2.24, 2.45) is 5.92 Å². The maximum absolute atomic E-state index is 13.6. The fourth-order valence-electron chi connectivity index (χ4n) is 8.62. The predicted molar refractivity (Wildman–Crippen MR) is 210 cm³/mol. The summed E-state index contributed by atoms with van der Waals surface area (Å²) < 4.78 is 10.5. The number of benzene rings is 3. The zero-order valence-electron chi connectivity index (χ0n) is 32.3. The van der Waals surface area contributed by atoms with Gasteiger partial charge in [0.15, 0.2) is 0 Å². The van der Waals surface area contributed by atoms with E-state index in [9.17, 15) is 14.4 Å². The van der Waals surface area contributed by atoms with E-state index < -0.39 is 23.3 Å². The van der Waals surface area contributed by atoms with Crippen molar-refractivity contribution in [1.82, 2.24) is 35.1 Å². The van der Waals surface area contributed by atoms with Gasteiger partial charge in [-0.15, -0.1) is 0 Å². The van der Waals surface area contributed by atoms with E-state index in [1.807, 2.05) is 56.8 Å². The van der Waals surface area contributed by atoms with Gasteiger partial charge in [0.2, 0.25) is 5.91 Å². The molecule has 3 N–H and O–H groups in total. The second-order valence-corrected chi connectivity index (χ2v) is 16.5. The molecular weight excluding hydrogens is 695 g/mol. The van der Waals surface area contributed by atoms with Crippen LogP contribution >= 0.6 is 0 Å². The van der Waals surface area contributed by atoms with Crippen molar-refractivity contribution in [2.45, 2.75) is 96.0 Å². The smallest absolute Gasteiger partial charge is 0.411 e. The number of hydrogen-bond acceptors (Lipinski definition) is 7. The lowest BCUT2D eigenvalue weighted by molar-refractivity contribution is -0.135. The summed E-state index contributed by atoms with van der Waals surface area (Å²) in [4.78, 5) is 58.8. The molecule has 3 aliphatic heterocycles. The average molecular weight is 744 g/mol. The van der Waals surface area contributed by atoms with Crippen LogP contribution in [-0.2, 0) is 19.8 Å². The van der Waals surface area contributed by atoms with Crippen LogP contribution in [0.4, 0.5) is 9.59 Å². The quantitative estimate of drug-likeness (QED) is 0.145. The van der Waals surface area contributed by atoms with Gasteiger partial charge in [0.1, 0.15) is 28.8 Å². The highest BCUT2D eigenvalue weighted by Gasteiger charge is 2.63. The van der Waals surface area contributed by atoms with E-state index in [-0.39, 0.29) is 30.0 Å². The van der Waals surface area contributed by atoms with Crippen LogP contribution < -0.4 is 5.32 Å². The first kappa shape index (κ1) is 36.3. The van der Waals surface area contributed by atoms with Crippen LogP contribution in [0, 0.1) is 5.92 Å². The highest BCUT2D eigenvalue weighted by Crippen LogP contribution is 2.56. The fraction of sp³-hybridized carbons (Fsp3) is 0.419. The van der Waals surface area contributed by atoms with Crippen LogP contribution in [0.2, 0.25) is 0 Å². The molecule has 1 aliphatic carbocycles. The molecule has 9 rings (SSSR count). The number of hydrogen-bond donors (Lipinski definition) is 3. The third-order valence-corrected chi connectivity index (χ3v) is 11.4. The fourth-order valence-corrected chi connectivity index (χ4v) is 8.62. The van der Waals surface area contributed by atoms with E-state index in [4.69, 9.17) is 19.4 Å². The number of ether oxygens (including phenoxy) is 2. The van der Waals surface area contributed by atoms with Crippen LogP contribution in [-0.4, -0.2) is 79.2 Å². The number of imidazole rings is 2. The number of H-pyrrole nitrogens is 2. The highest BCUT2D eigenvalue weighted by molar-refractivity contribution is 5.91. The maximum atomic E-state index is 13.6. The van der Waals surface area contributed by atoms with Crippen molar-refractivity contribution in [1.29, 1.82) is 0 Å². The lowest BCUT2D eigenvalue weighted by Gasteiger charge is -2.49. The topological polar surface area (TPSA) is 146 Å². The molecule has 286 valence electrons. The SMILES string of the molecule is COC(=O)NC(C(=O)N1CCCC1c1ncc(-c2ccc3cc(-c4ccc(-c5cnc(C67CCC(C6)N7C(=O)OC(C)(C)C)[nH]5)cc4)ccc3c2)[nH]1)C(C)C. The zero-order chi connectivity index (χ0) is 38.6. The first-order valence-corrected chi connectivity index (χ1v) is 19.3. The van der Waals surface area contributed by atoms with Crippen LogP contribution in [0.5, 0.6) is 0 Å². The number of carbonyl (C=O) groups is 3. The molecule has 12 nitrogen and oxygen atoms in total. The molecule has 4 aliphatic rings. The van der Waals surface area contributed by atoms with Crippen molar-refractivity contribution >= 4 is 28.9 Å². The van der Waals surface area contributed by atoms with Gasteiger partial charge in [0.05, 0.1) is 36.9 Å². The van der Waals surface area contributed by atoms with Crippen molar-refractivity contribution in [3.8, 4) is 33.6 Å². The van der Waals surface area contributed by atoms with Crippen LogP contribution in [0.25, 0.3) is 44.4 Å². The standard InChI is InChI=1S/C43H49N7O5/c1-25(2)36(48-40(52)54-6)38(51)49-19-7-8-35(49)37-44-23-34(46-37)31-16-15-29-20-28(13-14-30(29)21-31)26-9-11-27(12-10-26)33-24-45-39(47-33)43-18-17-32(22-43)50(43)41(53)55-42(3,4)5/h9-16,20-21,23-25,32,35-36H,7-8,17-19,22H2,1-6H3,(H,44,46)(H,45,47)(H,48,52). The molecule has 55 heavy (non-hydrogen) atoms. The molecule has 5 aromatic rings. The number of methoxy groups -OCH3 is 1. The van der Waals surface area contributed by atoms with Gasteiger partial charge < -0.3 is 29.7 Å². The third kappa shape index (κ3) is 6.72. The van der Waals surface area contributed by atoms with E-state index in [0.29, 0.717) is 6.54 Å². The molecule has 4 atom stereocenters. The summed E-state index contributed by atoms with van der Waals surface area (Å²) in [6, 6.07) is 20.7. The lowest BCUT2D eigenvalue weighted by atomic mass is 9.86. The molecule has 0 spiro atoms. The van der Waals surface area contributed by atoms with Gasteiger partial charge in [-0.3, -0.25) is 9.69 Å². The van der Waals surface area contributed by atoms with Gasteiger partial charge in [-0.05, 0) is 98.4 Å². The summed E-state index contributed by atoms with van der Waals surface area (Å²) in [7, 11) is 1.30. The molecule has 3 amide bonds. The molecular formula is C43H49N7O5. The Hall–Kier alpha value is -5.65. The molecule has 2 aromatic heterocycles. The summed E-state index contributed by atoms with van der Waals surface area (Å²) in [6.07, 6.45) is 7.22. The minimum absolute atomic E-state index is 0.0962. The number of nitrogens with one attached hydrogen (secondary N) is 3. The molecule has 4 fully saturated rings. The number of fused-ring (bicyclic) bond motifs is 2. The molecule has 5 heterocycles. The zero-order valence-corrected chi connectivity index (χ0v) is 32.3. The van der Waals surface area contributed by atoms with Gasteiger partial charge in [0, 0.05) is 18.2 Å². The monoisotopic (exact) mass is 743 g/mol. The van der Waals surface area contributed by atoms with Crippen molar-refractivity contribution in [2.75, 3.05) is 13.7 Å². The van der Waals surface area contributed by atoms with Gasteiger partial charge in [0.25, 0.3) is 0 Å². The maximum Gasteiger partial charge on any atom is 0.411 e. The Kier molecular flexibility index (Phi) is 9.17. The third-order valence-electron chi connectivity index (χ3n) is 11.4. The van der Waals surface area contributed by atoms with Crippen LogP contribution in [0.1, 0.15) is 84.4 Å². The number of alkyl carbamates (subject to hydrolysis) is 1. The van der Waals surface area contributed by atoms with Gasteiger partial charge >= 0.3 is 12.2 Å². The Morgan fingerprint density at radius 2 is 1.53 bits per heavy atom. The van der Waals surface area contributed by atoms with E-state index in [0.717, 1.165) is 88.2 Å². The Morgan fingerprint density at radius 3 is 2.22 bits per heavy atom. The minimum atomic E-state index is -0.679. The minimum Gasteiger partial charge on any atom is -0.453 e. The number of likely N-dealkylation sites (tertiary alicyclic amines) is 1. The van der Waals surface area contributed by atoms with Crippen LogP contribution in [0.3, 0.4) is 0 Å². The predicted octanol–water partition coefficient (Wildman–Crippen LogP) is 8.33. The second kappa shape index (κ2) is 13.9. The number of amides is 3. The number of aromatic nitrogens is 4. The average Bonchev–Trinajstić information content (AvgIpc) is 4.00. The molecule has 2 bridgehead atoms. The van der Waals surface area contributed by atoms with Crippen LogP contribution in [0.15, 0.2) is 73.1 Å². The van der Waals surface area contributed by atoms with Crippen molar-refractivity contribution in [3.05, 3.63) is 84.7 Å². The van der Waals surface area contributed by atoms with E-state index in [1.165, 1.54) is 7.11 Å². The van der Waals surface area contributed by atoms with E-state index in [2.05, 4.69) is 75.9 Å². The Labute approximate surface area is 321 Å². The normalized spacial score (nSPS) is 21.1. The molecule has 0 radical (unpaired) electrons. The van der Waals surface area contributed by atoms with Gasteiger partial charge in [-0.2, -0.15) is 0 Å². The van der Waals surface area contributed by atoms with Crippen molar-refractivity contribution < 1.29 is 23.9 Å². The highest BCUT2D eigenvalue weighted by atomic mass is 16.6. The second-order valence-electron chi connectivity index (χ2n) is 16.5. The molecule has 4 unspecified atom stereocenters. The number of aromatic amines is 2. The first-order chi connectivity index (χ1) is 26.3. The Balaban J connectivity index is 0.955. The van der Waals surface area contributed by atoms with E-state index >= 15 is 0 Å². The van der Waals surface area contributed by atoms with E-state index in [1.54, 1.807) is 0 Å². The molecule has 3 aromatic carbocycles.